The van der Waals surface area contributed by atoms with Crippen LogP contribution in [0, 0.1) is 6.92 Å². The first-order chi connectivity index (χ1) is 9.99. The maximum atomic E-state index is 12.3. The molecule has 0 bridgehead atoms. The van der Waals surface area contributed by atoms with Crippen molar-refractivity contribution in [3.05, 3.63) is 57.2 Å². The van der Waals surface area contributed by atoms with E-state index in [1.54, 1.807) is 26.0 Å². The molecule has 0 saturated heterocycles. The van der Waals surface area contributed by atoms with Crippen molar-refractivity contribution in [2.24, 2.45) is 0 Å². The average molecular weight is 286 g/mol. The number of hydrogen-bond donors (Lipinski definition) is 1. The lowest BCUT2D eigenvalue weighted by Gasteiger charge is -2.25. The number of carbonyl (C=O) groups excluding carboxylic acids is 1. The Bertz CT molecular complexity index is 800. The highest BCUT2D eigenvalue weighted by molar-refractivity contribution is 5.96. The van der Waals surface area contributed by atoms with Crippen molar-refractivity contribution in [3.8, 4) is 5.88 Å². The van der Waals surface area contributed by atoms with Crippen LogP contribution in [-0.4, -0.2) is 15.8 Å². The summed E-state index contributed by atoms with van der Waals surface area (Å²) in [5, 5.41) is 0. The van der Waals surface area contributed by atoms with Gasteiger partial charge in [-0.05, 0) is 32.9 Å². The lowest BCUT2D eigenvalue weighted by Crippen LogP contribution is -2.28. The van der Waals surface area contributed by atoms with Gasteiger partial charge in [0.05, 0.1) is 17.7 Å². The zero-order valence-electron chi connectivity index (χ0n) is 11.9. The van der Waals surface area contributed by atoms with Gasteiger partial charge < -0.3 is 14.1 Å². The van der Waals surface area contributed by atoms with Crippen LogP contribution < -0.4 is 10.3 Å². The number of nitrogens with zero attached hydrogens (tertiary/aromatic N) is 1. The topological polar surface area (TPSA) is 85.2 Å². The molecule has 0 aliphatic carbocycles. The SMILES string of the molecule is CC(=O)C1=C(C)Oc2nc(C)[nH]c(=O)c2C1c1ccco1. The molecule has 1 atom stereocenters. The minimum absolute atomic E-state index is 0.167. The number of nitrogens with one attached hydrogen (secondary N) is 1. The van der Waals surface area contributed by atoms with E-state index in [1.165, 1.54) is 13.2 Å². The van der Waals surface area contributed by atoms with Crippen molar-refractivity contribution in [1.29, 1.82) is 0 Å². The van der Waals surface area contributed by atoms with Gasteiger partial charge in [-0.15, -0.1) is 0 Å². The summed E-state index contributed by atoms with van der Waals surface area (Å²) < 4.78 is 11.0. The Morgan fingerprint density at radius 3 is 2.76 bits per heavy atom. The normalized spacial score (nSPS) is 17.4. The van der Waals surface area contributed by atoms with Gasteiger partial charge in [-0.25, -0.2) is 0 Å². The second-order valence-electron chi connectivity index (χ2n) is 4.95. The van der Waals surface area contributed by atoms with Crippen molar-refractivity contribution in [2.45, 2.75) is 26.7 Å². The number of aryl methyl sites for hydroxylation is 1. The number of fused-ring (bicyclic) bond motifs is 1. The molecule has 2 aromatic heterocycles. The predicted octanol–water partition coefficient (Wildman–Crippen LogP) is 2.06. The van der Waals surface area contributed by atoms with E-state index in [4.69, 9.17) is 9.15 Å². The fourth-order valence-electron chi connectivity index (χ4n) is 2.64. The standard InChI is InChI=1S/C15H14N2O4/c1-7(18)11-8(2)21-15-13(14(19)16-9(3)17-15)12(11)10-5-4-6-20-10/h4-6,12H,1-3H3,(H,16,17,19). The van der Waals surface area contributed by atoms with E-state index in [2.05, 4.69) is 9.97 Å². The Morgan fingerprint density at radius 1 is 1.38 bits per heavy atom. The summed E-state index contributed by atoms with van der Waals surface area (Å²) in [4.78, 5) is 31.2. The number of furan rings is 1. The first-order valence-electron chi connectivity index (χ1n) is 6.52. The van der Waals surface area contributed by atoms with E-state index >= 15 is 0 Å². The van der Waals surface area contributed by atoms with E-state index in [-0.39, 0.29) is 17.2 Å². The number of allylic oxidation sites excluding steroid dienone is 2. The molecule has 6 nitrogen and oxygen atoms in total. The van der Waals surface area contributed by atoms with Gasteiger partial charge in [0.2, 0.25) is 5.88 Å². The predicted molar refractivity (Wildman–Crippen MR) is 74.2 cm³/mol. The fourth-order valence-corrected chi connectivity index (χ4v) is 2.64. The second kappa shape index (κ2) is 4.73. The Labute approximate surface area is 120 Å². The van der Waals surface area contributed by atoms with Crippen LogP contribution in [0.3, 0.4) is 0 Å². The number of ether oxygens (including phenoxy) is 1. The van der Waals surface area contributed by atoms with Gasteiger partial charge in [0.1, 0.15) is 17.3 Å². The first kappa shape index (κ1) is 13.4. The van der Waals surface area contributed by atoms with Gasteiger partial charge >= 0.3 is 0 Å². The summed E-state index contributed by atoms with van der Waals surface area (Å²) in [6.45, 7) is 4.80. The lowest BCUT2D eigenvalue weighted by atomic mass is 9.85. The smallest absolute Gasteiger partial charge is 0.259 e. The van der Waals surface area contributed by atoms with Crippen molar-refractivity contribution in [3.63, 3.8) is 0 Å². The molecule has 0 spiro atoms. The molecule has 0 amide bonds. The first-order valence-corrected chi connectivity index (χ1v) is 6.52. The summed E-state index contributed by atoms with van der Waals surface area (Å²) in [6.07, 6.45) is 1.51. The highest BCUT2D eigenvalue weighted by Gasteiger charge is 2.37. The summed E-state index contributed by atoms with van der Waals surface area (Å²) in [5.74, 6) is 0.864. The molecule has 0 radical (unpaired) electrons. The number of hydrogen-bond acceptors (Lipinski definition) is 5. The van der Waals surface area contributed by atoms with Crippen molar-refractivity contribution in [1.82, 2.24) is 9.97 Å². The average Bonchev–Trinajstić information content (AvgIpc) is 2.89. The molecule has 3 heterocycles. The Kier molecular flexibility index (Phi) is 3.01. The Hall–Kier alpha value is -2.63. The van der Waals surface area contributed by atoms with Gasteiger partial charge in [0.25, 0.3) is 5.56 Å². The number of aromatic nitrogens is 2. The third-order valence-electron chi connectivity index (χ3n) is 3.45. The molecule has 0 saturated carbocycles. The molecule has 108 valence electrons. The molecule has 0 fully saturated rings. The van der Waals surface area contributed by atoms with Crippen LogP contribution in [0.5, 0.6) is 5.88 Å². The number of rotatable bonds is 2. The summed E-state index contributed by atoms with van der Waals surface area (Å²) >= 11 is 0. The zero-order chi connectivity index (χ0) is 15.1. The lowest BCUT2D eigenvalue weighted by molar-refractivity contribution is -0.114. The highest BCUT2D eigenvalue weighted by atomic mass is 16.5. The number of ketones is 1. The fraction of sp³-hybridized carbons (Fsp3) is 0.267. The highest BCUT2D eigenvalue weighted by Crippen LogP contribution is 2.40. The van der Waals surface area contributed by atoms with Gasteiger partial charge in [-0.1, -0.05) is 0 Å². The minimum Gasteiger partial charge on any atom is -0.468 e. The van der Waals surface area contributed by atoms with Crippen LogP contribution in [0.25, 0.3) is 0 Å². The van der Waals surface area contributed by atoms with E-state index in [0.29, 0.717) is 28.5 Å². The van der Waals surface area contributed by atoms with Gasteiger partial charge in [0, 0.05) is 5.57 Å². The molecular weight excluding hydrogens is 272 g/mol. The minimum atomic E-state index is -0.599. The summed E-state index contributed by atoms with van der Waals surface area (Å²) in [7, 11) is 0. The third-order valence-corrected chi connectivity index (χ3v) is 3.45. The van der Waals surface area contributed by atoms with E-state index in [0.717, 1.165) is 0 Å². The van der Waals surface area contributed by atoms with Crippen molar-refractivity contribution >= 4 is 5.78 Å². The van der Waals surface area contributed by atoms with Crippen molar-refractivity contribution in [2.75, 3.05) is 0 Å². The van der Waals surface area contributed by atoms with Crippen molar-refractivity contribution < 1.29 is 13.9 Å². The van der Waals surface area contributed by atoms with E-state index in [1.807, 2.05) is 0 Å². The maximum Gasteiger partial charge on any atom is 0.259 e. The Balaban J connectivity index is 2.32. The van der Waals surface area contributed by atoms with Crippen LogP contribution in [0.15, 0.2) is 38.9 Å². The van der Waals surface area contributed by atoms with Crippen LogP contribution in [0.4, 0.5) is 0 Å². The molecule has 0 aromatic carbocycles. The van der Waals surface area contributed by atoms with Crippen LogP contribution in [-0.2, 0) is 4.79 Å². The van der Waals surface area contributed by atoms with Crippen LogP contribution in [0.2, 0.25) is 0 Å². The zero-order valence-corrected chi connectivity index (χ0v) is 11.9. The summed E-state index contributed by atoms with van der Waals surface area (Å²) in [6, 6.07) is 3.45. The molecule has 1 aliphatic heterocycles. The molecule has 6 heteroatoms. The second-order valence-corrected chi connectivity index (χ2v) is 4.95. The molecule has 1 unspecified atom stereocenters. The maximum absolute atomic E-state index is 12.3. The van der Waals surface area contributed by atoms with E-state index in [9.17, 15) is 9.59 Å². The number of Topliss-reactive ketones (excluding diaryl/α,β-unsaturated/α-hetero) is 1. The molecule has 1 aliphatic rings. The third kappa shape index (κ3) is 2.08. The van der Waals surface area contributed by atoms with Crippen LogP contribution in [0.1, 0.15) is 36.9 Å². The molecule has 21 heavy (non-hydrogen) atoms. The molecule has 3 rings (SSSR count). The number of H-pyrrole nitrogens is 1. The monoisotopic (exact) mass is 286 g/mol. The van der Waals surface area contributed by atoms with E-state index < -0.39 is 5.92 Å². The molecular formula is C15H14N2O4. The van der Waals surface area contributed by atoms with Gasteiger partial charge in [-0.3, -0.25) is 9.59 Å². The summed E-state index contributed by atoms with van der Waals surface area (Å²) in [5.41, 5.74) is 0.380. The number of aromatic amines is 1. The molecule has 2 aromatic rings. The number of carbonyl (C=O) groups is 1. The van der Waals surface area contributed by atoms with Gasteiger partial charge in [-0.2, -0.15) is 4.98 Å². The molecule has 1 N–H and O–H groups in total. The van der Waals surface area contributed by atoms with Crippen LogP contribution >= 0.6 is 0 Å². The Morgan fingerprint density at radius 2 is 2.14 bits per heavy atom. The largest absolute Gasteiger partial charge is 0.468 e. The van der Waals surface area contributed by atoms with Gasteiger partial charge in [0.15, 0.2) is 5.78 Å². The quantitative estimate of drug-likeness (QED) is 0.913.